The predicted molar refractivity (Wildman–Crippen MR) is 94.6 cm³/mol. The Hall–Kier alpha value is -2.69. The summed E-state index contributed by atoms with van der Waals surface area (Å²) in [6.45, 7) is 4.67. The van der Waals surface area contributed by atoms with E-state index in [1.807, 2.05) is 56.3 Å². The zero-order valence-corrected chi connectivity index (χ0v) is 14.4. The molecule has 0 unspecified atom stereocenters. The number of hydrogen-bond acceptors (Lipinski definition) is 3. The average Bonchev–Trinajstić information content (AvgIpc) is 2.57. The van der Waals surface area contributed by atoms with E-state index in [1.165, 1.54) is 5.56 Å². The summed E-state index contributed by atoms with van der Waals surface area (Å²) in [6, 6.07) is 13.5. The number of nitrogens with one attached hydrogen (secondary N) is 2. The Bertz CT molecular complexity index is 686. The maximum absolute atomic E-state index is 11.8. The molecule has 5 heteroatoms. The van der Waals surface area contributed by atoms with Gasteiger partial charge in [0.05, 0.1) is 7.11 Å². The number of amides is 2. The second-order valence-corrected chi connectivity index (χ2v) is 5.55. The maximum Gasteiger partial charge on any atom is 0.317 e. The van der Waals surface area contributed by atoms with E-state index in [0.717, 1.165) is 22.6 Å². The monoisotopic (exact) mass is 328 g/mol. The third-order valence-electron chi connectivity index (χ3n) is 3.66. The number of para-hydroxylation sites is 1. The molecule has 0 aromatic heterocycles. The van der Waals surface area contributed by atoms with Crippen LogP contribution < -0.4 is 20.1 Å². The first kappa shape index (κ1) is 17.7. The average molecular weight is 328 g/mol. The molecule has 0 aliphatic heterocycles. The van der Waals surface area contributed by atoms with Crippen LogP contribution in [0, 0.1) is 13.8 Å². The van der Waals surface area contributed by atoms with Crippen molar-refractivity contribution in [1.82, 2.24) is 10.6 Å². The summed E-state index contributed by atoms with van der Waals surface area (Å²) in [4.78, 5) is 11.8. The van der Waals surface area contributed by atoms with Gasteiger partial charge in [-0.1, -0.05) is 35.9 Å². The molecule has 0 bridgehead atoms. The highest BCUT2D eigenvalue weighted by atomic mass is 16.5. The minimum atomic E-state index is -0.255. The highest BCUT2D eigenvalue weighted by Gasteiger charge is 2.04. The lowest BCUT2D eigenvalue weighted by Gasteiger charge is -2.12. The number of benzene rings is 2. The van der Waals surface area contributed by atoms with Gasteiger partial charge in [-0.15, -0.1) is 0 Å². The van der Waals surface area contributed by atoms with Crippen LogP contribution in [0.5, 0.6) is 11.5 Å². The van der Waals surface area contributed by atoms with Gasteiger partial charge >= 0.3 is 6.03 Å². The number of carbonyl (C=O) groups excluding carboxylic acids is 1. The van der Waals surface area contributed by atoms with Gasteiger partial charge in [-0.05, 0) is 43.5 Å². The largest absolute Gasteiger partial charge is 0.496 e. The lowest BCUT2D eigenvalue weighted by Crippen LogP contribution is -2.38. The second kappa shape index (κ2) is 8.82. The van der Waals surface area contributed by atoms with Crippen LogP contribution in [0.3, 0.4) is 0 Å². The molecule has 2 aromatic rings. The fourth-order valence-electron chi connectivity index (χ4n) is 2.42. The predicted octanol–water partition coefficient (Wildman–Crippen LogP) is 3.19. The van der Waals surface area contributed by atoms with Crippen molar-refractivity contribution in [1.29, 1.82) is 0 Å². The van der Waals surface area contributed by atoms with E-state index in [0.29, 0.717) is 13.0 Å². The van der Waals surface area contributed by atoms with Gasteiger partial charge in [-0.25, -0.2) is 4.79 Å². The van der Waals surface area contributed by atoms with Crippen molar-refractivity contribution < 1.29 is 14.3 Å². The molecule has 0 saturated heterocycles. The third-order valence-corrected chi connectivity index (χ3v) is 3.66. The molecule has 2 N–H and O–H groups in total. The van der Waals surface area contributed by atoms with E-state index in [1.54, 1.807) is 7.11 Å². The maximum atomic E-state index is 11.8. The summed E-state index contributed by atoms with van der Waals surface area (Å²) in [7, 11) is 1.64. The topological polar surface area (TPSA) is 59.6 Å². The Morgan fingerprint density at radius 2 is 1.83 bits per heavy atom. The van der Waals surface area contributed by atoms with Gasteiger partial charge in [0.1, 0.15) is 11.5 Å². The Labute approximate surface area is 143 Å². The number of ether oxygens (including phenoxy) is 2. The van der Waals surface area contributed by atoms with Crippen LogP contribution in [0.25, 0.3) is 0 Å². The van der Waals surface area contributed by atoms with E-state index in [9.17, 15) is 4.79 Å². The third kappa shape index (κ3) is 5.19. The minimum absolute atomic E-state index is 0.129. The Kier molecular flexibility index (Phi) is 6.49. The molecule has 24 heavy (non-hydrogen) atoms. The zero-order valence-electron chi connectivity index (χ0n) is 14.4. The first-order valence-corrected chi connectivity index (χ1v) is 7.94. The van der Waals surface area contributed by atoms with Crippen molar-refractivity contribution in [3.8, 4) is 11.5 Å². The van der Waals surface area contributed by atoms with E-state index in [4.69, 9.17) is 9.47 Å². The number of hydrogen-bond donors (Lipinski definition) is 2. The molecule has 2 rings (SSSR count). The molecule has 2 amide bonds. The van der Waals surface area contributed by atoms with Gasteiger partial charge in [0.25, 0.3) is 0 Å². The highest BCUT2D eigenvalue weighted by molar-refractivity contribution is 5.73. The van der Waals surface area contributed by atoms with Gasteiger partial charge in [-0.3, -0.25) is 0 Å². The van der Waals surface area contributed by atoms with E-state index >= 15 is 0 Å². The minimum Gasteiger partial charge on any atom is -0.496 e. The smallest absolute Gasteiger partial charge is 0.317 e. The SMILES string of the molecule is COc1ccccc1CCNC(=O)NCOc1ccc(C)cc1C. The Morgan fingerprint density at radius 3 is 2.58 bits per heavy atom. The van der Waals surface area contributed by atoms with Crippen LogP contribution in [-0.2, 0) is 6.42 Å². The van der Waals surface area contributed by atoms with E-state index in [-0.39, 0.29) is 12.8 Å². The van der Waals surface area contributed by atoms with Gasteiger partial charge < -0.3 is 20.1 Å². The number of rotatable bonds is 7. The van der Waals surface area contributed by atoms with Crippen molar-refractivity contribution in [2.75, 3.05) is 20.4 Å². The molecule has 0 radical (unpaired) electrons. The molecule has 0 saturated carbocycles. The Morgan fingerprint density at radius 1 is 1.04 bits per heavy atom. The van der Waals surface area contributed by atoms with Crippen LogP contribution in [0.15, 0.2) is 42.5 Å². The fourth-order valence-corrected chi connectivity index (χ4v) is 2.42. The number of urea groups is 1. The summed E-state index contributed by atoms with van der Waals surface area (Å²) >= 11 is 0. The van der Waals surface area contributed by atoms with Crippen LogP contribution in [0.1, 0.15) is 16.7 Å². The summed E-state index contributed by atoms with van der Waals surface area (Å²) < 4.78 is 10.9. The molecule has 0 fully saturated rings. The number of aryl methyl sites for hydroxylation is 2. The molecule has 128 valence electrons. The first-order chi connectivity index (χ1) is 11.6. The van der Waals surface area contributed by atoms with Gasteiger partial charge in [0, 0.05) is 6.54 Å². The molecule has 0 aliphatic carbocycles. The second-order valence-electron chi connectivity index (χ2n) is 5.55. The van der Waals surface area contributed by atoms with Crippen molar-refractivity contribution in [3.05, 3.63) is 59.2 Å². The molecule has 0 heterocycles. The van der Waals surface area contributed by atoms with Crippen LogP contribution in [0.4, 0.5) is 4.79 Å². The lowest BCUT2D eigenvalue weighted by atomic mass is 10.1. The first-order valence-electron chi connectivity index (χ1n) is 7.94. The molecular weight excluding hydrogens is 304 g/mol. The van der Waals surface area contributed by atoms with Crippen LogP contribution >= 0.6 is 0 Å². The normalized spacial score (nSPS) is 10.1. The summed E-state index contributed by atoms with van der Waals surface area (Å²) in [5, 5.41) is 5.49. The molecule has 0 atom stereocenters. The summed E-state index contributed by atoms with van der Waals surface area (Å²) in [5.74, 6) is 1.60. The van der Waals surface area contributed by atoms with Crippen molar-refractivity contribution in [2.45, 2.75) is 20.3 Å². The van der Waals surface area contributed by atoms with Crippen molar-refractivity contribution >= 4 is 6.03 Å². The van der Waals surface area contributed by atoms with Crippen LogP contribution in [0.2, 0.25) is 0 Å². The summed E-state index contributed by atoms with van der Waals surface area (Å²) in [6.07, 6.45) is 0.704. The zero-order chi connectivity index (χ0) is 17.4. The molecule has 2 aromatic carbocycles. The van der Waals surface area contributed by atoms with Crippen molar-refractivity contribution in [2.24, 2.45) is 0 Å². The highest BCUT2D eigenvalue weighted by Crippen LogP contribution is 2.18. The number of methoxy groups -OCH3 is 1. The number of carbonyl (C=O) groups is 1. The standard InChI is InChI=1S/C19H24N2O3/c1-14-8-9-17(15(2)12-14)24-13-21-19(22)20-11-10-16-6-4-5-7-18(16)23-3/h4-9,12H,10-11,13H2,1-3H3,(H2,20,21,22). The Balaban J connectivity index is 1.70. The van der Waals surface area contributed by atoms with Crippen molar-refractivity contribution in [3.63, 3.8) is 0 Å². The lowest BCUT2D eigenvalue weighted by molar-refractivity contribution is 0.224. The van der Waals surface area contributed by atoms with E-state index < -0.39 is 0 Å². The van der Waals surface area contributed by atoms with Gasteiger partial charge in [0.15, 0.2) is 6.73 Å². The van der Waals surface area contributed by atoms with Gasteiger partial charge in [-0.2, -0.15) is 0 Å². The fraction of sp³-hybridized carbons (Fsp3) is 0.316. The summed E-state index contributed by atoms with van der Waals surface area (Å²) in [5.41, 5.74) is 3.29. The van der Waals surface area contributed by atoms with Gasteiger partial charge in [0.2, 0.25) is 0 Å². The quantitative estimate of drug-likeness (QED) is 0.768. The molecular formula is C19H24N2O3. The van der Waals surface area contributed by atoms with E-state index in [2.05, 4.69) is 10.6 Å². The van der Waals surface area contributed by atoms with Crippen LogP contribution in [-0.4, -0.2) is 26.4 Å². The molecule has 0 spiro atoms. The molecule has 0 aliphatic rings. The molecule has 5 nitrogen and oxygen atoms in total.